The smallest absolute Gasteiger partial charge is 0.243 e. The molecule has 0 bridgehead atoms. The van der Waals surface area contributed by atoms with Crippen LogP contribution in [-0.4, -0.2) is 40.3 Å². The fraction of sp³-hybridized carbons (Fsp3) is 0.462. The number of pyridine rings is 1. The van der Waals surface area contributed by atoms with Crippen molar-refractivity contribution < 1.29 is 8.42 Å². The summed E-state index contributed by atoms with van der Waals surface area (Å²) in [6.45, 7) is 3.10. The van der Waals surface area contributed by atoms with Gasteiger partial charge in [0.25, 0.3) is 0 Å². The van der Waals surface area contributed by atoms with E-state index in [0.717, 1.165) is 35.7 Å². The predicted molar refractivity (Wildman–Crippen MR) is 138 cm³/mol. The fourth-order valence-corrected chi connectivity index (χ4v) is 7.43. The molecule has 7 nitrogen and oxygen atoms in total. The van der Waals surface area contributed by atoms with Gasteiger partial charge in [0, 0.05) is 42.8 Å². The number of nitrogens with zero attached hydrogens (tertiary/aromatic N) is 4. The minimum Gasteiger partial charge on any atom is -0.361 e. The Hall–Kier alpha value is -2.42. The third-order valence-corrected chi connectivity index (χ3v) is 9.83. The van der Waals surface area contributed by atoms with Crippen molar-refractivity contribution in [3.05, 3.63) is 71.0 Å². The van der Waals surface area contributed by atoms with Crippen molar-refractivity contribution >= 4 is 27.3 Å². The van der Waals surface area contributed by atoms with Gasteiger partial charge >= 0.3 is 0 Å². The molecule has 9 heteroatoms. The van der Waals surface area contributed by atoms with Gasteiger partial charge in [-0.1, -0.05) is 55.5 Å². The number of aromatic nitrogens is 3. The van der Waals surface area contributed by atoms with Crippen molar-refractivity contribution in [2.45, 2.75) is 69.5 Å². The first-order valence-electron chi connectivity index (χ1n) is 12.4. The van der Waals surface area contributed by atoms with E-state index in [1.807, 2.05) is 24.4 Å². The number of H-pyrrole nitrogens is 1. The van der Waals surface area contributed by atoms with Crippen LogP contribution in [0.3, 0.4) is 0 Å². The maximum Gasteiger partial charge on any atom is 0.243 e. The number of imidazole rings is 1. The lowest BCUT2D eigenvalue weighted by Crippen LogP contribution is -2.43. The van der Waals surface area contributed by atoms with E-state index in [0.29, 0.717) is 25.2 Å². The minimum absolute atomic E-state index is 0.0370. The Balaban J connectivity index is 1.53. The highest BCUT2D eigenvalue weighted by Crippen LogP contribution is 2.36. The summed E-state index contributed by atoms with van der Waals surface area (Å²) < 4.78 is 29.6. The van der Waals surface area contributed by atoms with E-state index in [1.165, 1.54) is 31.9 Å². The zero-order valence-corrected chi connectivity index (χ0v) is 21.6. The highest BCUT2D eigenvalue weighted by molar-refractivity contribution is 7.89. The zero-order valence-electron chi connectivity index (χ0n) is 20.0. The molecule has 1 fully saturated rings. The van der Waals surface area contributed by atoms with Gasteiger partial charge in [0.15, 0.2) is 0 Å². The predicted octanol–water partition coefficient (Wildman–Crippen LogP) is 5.32. The van der Waals surface area contributed by atoms with Gasteiger partial charge in [-0.15, -0.1) is 0 Å². The second kappa shape index (κ2) is 10.3. The highest BCUT2D eigenvalue weighted by Gasteiger charge is 2.36. The van der Waals surface area contributed by atoms with E-state index in [-0.39, 0.29) is 16.1 Å². The number of sulfonamides is 1. The van der Waals surface area contributed by atoms with Gasteiger partial charge in [-0.05, 0) is 43.4 Å². The van der Waals surface area contributed by atoms with Crippen molar-refractivity contribution in [1.29, 1.82) is 0 Å². The molecule has 0 radical (unpaired) electrons. The number of benzene rings is 1. The van der Waals surface area contributed by atoms with Gasteiger partial charge in [0.05, 0.1) is 23.5 Å². The first-order chi connectivity index (χ1) is 16.9. The summed E-state index contributed by atoms with van der Waals surface area (Å²) in [6.07, 6.45) is 12.2. The quantitative estimate of drug-likeness (QED) is 0.432. The van der Waals surface area contributed by atoms with E-state index in [4.69, 9.17) is 11.6 Å². The summed E-state index contributed by atoms with van der Waals surface area (Å²) >= 11 is 6.21. The van der Waals surface area contributed by atoms with Crippen molar-refractivity contribution in [3.8, 4) is 0 Å². The molecular formula is C26H32ClN5O2S. The van der Waals surface area contributed by atoms with Crippen molar-refractivity contribution in [2.24, 2.45) is 5.92 Å². The summed E-state index contributed by atoms with van der Waals surface area (Å²) in [4.78, 5) is 14.1. The molecule has 1 atom stereocenters. The van der Waals surface area contributed by atoms with Gasteiger partial charge in [-0.3, -0.25) is 0 Å². The summed E-state index contributed by atoms with van der Waals surface area (Å²) in [5.74, 6) is 0.730. The molecule has 1 aliphatic carbocycles. The Bertz CT molecular complexity index is 1260. The van der Waals surface area contributed by atoms with Crippen LogP contribution in [0.25, 0.3) is 0 Å². The SMILES string of the molecule is Cc1c(S(=O)(=O)N2Cc3ccccc3N(Cc3cnc[nH]3)[C@@H](CCC3CCCC3)C2)ccnc1Cl. The average molecular weight is 514 g/mol. The second-order valence-corrected chi connectivity index (χ2v) is 12.0. The Morgan fingerprint density at radius 1 is 1.14 bits per heavy atom. The molecule has 5 rings (SSSR count). The summed E-state index contributed by atoms with van der Waals surface area (Å²) in [7, 11) is -3.77. The van der Waals surface area contributed by atoms with Crippen LogP contribution in [0, 0.1) is 12.8 Å². The molecule has 3 heterocycles. The molecule has 3 aromatic rings. The van der Waals surface area contributed by atoms with Gasteiger partial charge in [0.2, 0.25) is 10.0 Å². The molecular weight excluding hydrogens is 482 g/mol. The monoisotopic (exact) mass is 513 g/mol. The van der Waals surface area contributed by atoms with E-state index < -0.39 is 10.0 Å². The third-order valence-electron chi connectivity index (χ3n) is 7.49. The van der Waals surface area contributed by atoms with Gasteiger partial charge in [0.1, 0.15) is 5.15 Å². The van der Waals surface area contributed by atoms with Gasteiger partial charge in [-0.25, -0.2) is 18.4 Å². The molecule has 2 aromatic heterocycles. The first-order valence-corrected chi connectivity index (χ1v) is 14.2. The number of halogens is 1. The molecule has 1 N–H and O–H groups in total. The second-order valence-electron chi connectivity index (χ2n) is 9.74. The number of aromatic amines is 1. The largest absolute Gasteiger partial charge is 0.361 e. The minimum atomic E-state index is -3.77. The zero-order chi connectivity index (χ0) is 24.4. The Morgan fingerprint density at radius 2 is 1.94 bits per heavy atom. The number of para-hydroxylation sites is 1. The molecule has 2 aliphatic rings. The number of fused-ring (bicyclic) bond motifs is 1. The molecule has 0 spiro atoms. The fourth-order valence-electron chi connectivity index (χ4n) is 5.55. The Labute approximate surface area is 212 Å². The lowest BCUT2D eigenvalue weighted by atomic mass is 9.97. The molecule has 1 aliphatic heterocycles. The van der Waals surface area contributed by atoms with Crippen molar-refractivity contribution in [3.63, 3.8) is 0 Å². The summed E-state index contributed by atoms with van der Waals surface area (Å²) in [5, 5.41) is 0.222. The van der Waals surface area contributed by atoms with Crippen LogP contribution in [0.2, 0.25) is 5.15 Å². The van der Waals surface area contributed by atoms with Gasteiger partial charge < -0.3 is 9.88 Å². The maximum absolute atomic E-state index is 14.0. The molecule has 0 saturated heterocycles. The molecule has 186 valence electrons. The number of anilines is 1. The third kappa shape index (κ3) is 5.10. The number of hydrogen-bond donors (Lipinski definition) is 1. The number of nitrogens with one attached hydrogen (secondary N) is 1. The summed E-state index contributed by atoms with van der Waals surface area (Å²) in [6, 6.07) is 9.75. The van der Waals surface area contributed by atoms with Crippen molar-refractivity contribution in [2.75, 3.05) is 11.4 Å². The van der Waals surface area contributed by atoms with Crippen LogP contribution in [-0.2, 0) is 23.1 Å². The molecule has 1 aromatic carbocycles. The van der Waals surface area contributed by atoms with E-state index in [2.05, 4.69) is 25.9 Å². The maximum atomic E-state index is 14.0. The molecule has 35 heavy (non-hydrogen) atoms. The number of rotatable bonds is 7. The van der Waals surface area contributed by atoms with E-state index in [9.17, 15) is 8.42 Å². The number of hydrogen-bond acceptors (Lipinski definition) is 5. The van der Waals surface area contributed by atoms with Crippen LogP contribution >= 0.6 is 11.6 Å². The van der Waals surface area contributed by atoms with Crippen molar-refractivity contribution in [1.82, 2.24) is 19.3 Å². The lowest BCUT2D eigenvalue weighted by molar-refractivity contribution is 0.350. The van der Waals surface area contributed by atoms with Crippen LogP contribution in [0.5, 0.6) is 0 Å². The Morgan fingerprint density at radius 3 is 2.71 bits per heavy atom. The molecule has 0 unspecified atom stereocenters. The van der Waals surface area contributed by atoms with Crippen LogP contribution in [0.4, 0.5) is 5.69 Å². The summed E-state index contributed by atoms with van der Waals surface area (Å²) in [5.41, 5.74) is 3.58. The first kappa shape index (κ1) is 24.3. The highest BCUT2D eigenvalue weighted by atomic mass is 35.5. The van der Waals surface area contributed by atoms with Gasteiger partial charge in [-0.2, -0.15) is 4.31 Å². The Kier molecular flexibility index (Phi) is 7.14. The van der Waals surface area contributed by atoms with Crippen LogP contribution in [0.1, 0.15) is 55.3 Å². The normalized spacial score (nSPS) is 19.6. The van der Waals surface area contributed by atoms with E-state index in [1.54, 1.807) is 23.6 Å². The topological polar surface area (TPSA) is 82.2 Å². The van der Waals surface area contributed by atoms with Crippen LogP contribution in [0.15, 0.2) is 53.9 Å². The van der Waals surface area contributed by atoms with E-state index >= 15 is 0 Å². The average Bonchev–Trinajstić information content (AvgIpc) is 3.53. The molecule has 0 amide bonds. The molecule has 1 saturated carbocycles. The standard InChI is InChI=1S/C26H32ClN5O2S/c1-19-25(12-13-29-26(19)27)35(33,34)31-15-21-8-4-5-9-24(21)32(16-22-14-28-18-30-22)23(17-31)11-10-20-6-2-3-7-20/h4-5,8-9,12-14,18,20,23H,2-3,6-7,10-11,15-17H2,1H3,(H,28,30)/t23-/m0/s1. The van der Waals surface area contributed by atoms with Crippen LogP contribution < -0.4 is 4.90 Å². The lowest BCUT2D eigenvalue weighted by Gasteiger charge is -2.34.